The molecule has 0 spiro atoms. The summed E-state index contributed by atoms with van der Waals surface area (Å²) in [4.78, 5) is 21.1. The van der Waals surface area contributed by atoms with Gasteiger partial charge in [-0.25, -0.2) is 4.79 Å². The summed E-state index contributed by atoms with van der Waals surface area (Å²) in [6, 6.07) is 6.42. The molecule has 1 atom stereocenters. The number of hydrogen-bond acceptors (Lipinski definition) is 7. The van der Waals surface area contributed by atoms with Crippen LogP contribution in [0.4, 0.5) is 4.79 Å². The van der Waals surface area contributed by atoms with E-state index < -0.39 is 5.60 Å². The van der Waals surface area contributed by atoms with E-state index in [9.17, 15) is 4.79 Å². The van der Waals surface area contributed by atoms with E-state index in [2.05, 4.69) is 40.3 Å². The Hall–Kier alpha value is -1.75. The third kappa shape index (κ3) is 7.40. The van der Waals surface area contributed by atoms with Crippen LogP contribution in [0, 0.1) is 6.92 Å². The lowest BCUT2D eigenvalue weighted by Gasteiger charge is -2.39. The number of piperazine rings is 1. The summed E-state index contributed by atoms with van der Waals surface area (Å²) in [6.45, 7) is 14.8. The zero-order valence-corrected chi connectivity index (χ0v) is 22.2. The van der Waals surface area contributed by atoms with Crippen molar-refractivity contribution in [3.05, 3.63) is 29.3 Å². The molecule has 2 heterocycles. The monoisotopic (exact) mass is 560 g/mol. The minimum Gasteiger partial charge on any atom is -0.491 e. The lowest BCUT2D eigenvalue weighted by molar-refractivity contribution is 0.0137. The molecular weight excluding hydrogens is 523 g/mol. The topological polar surface area (TPSA) is 75.6 Å². The molecule has 8 nitrogen and oxygen atoms in total. The van der Waals surface area contributed by atoms with Gasteiger partial charge in [-0.3, -0.25) is 4.99 Å². The number of carbonyl (C=O) groups excluding carboxylic acids is 1. The van der Waals surface area contributed by atoms with E-state index in [-0.39, 0.29) is 36.1 Å². The van der Waals surface area contributed by atoms with Crippen LogP contribution in [0.15, 0.2) is 23.2 Å². The van der Waals surface area contributed by atoms with E-state index in [0.29, 0.717) is 46.0 Å². The zero-order chi connectivity index (χ0) is 22.4. The number of ether oxygens (including phenoxy) is 3. The summed E-state index contributed by atoms with van der Waals surface area (Å²) in [6.07, 6.45) is -0.248. The third-order valence-electron chi connectivity index (χ3n) is 5.21. The van der Waals surface area contributed by atoms with Crippen molar-refractivity contribution in [2.75, 3.05) is 46.0 Å². The van der Waals surface area contributed by atoms with Crippen LogP contribution in [-0.2, 0) is 16.0 Å². The van der Waals surface area contributed by atoms with E-state index in [4.69, 9.17) is 14.2 Å². The number of rotatable bonds is 7. The molecule has 3 rings (SSSR count). The summed E-state index contributed by atoms with van der Waals surface area (Å²) in [7, 11) is 0. The Morgan fingerprint density at radius 2 is 2.03 bits per heavy atom. The smallest absolute Gasteiger partial charge is 0.410 e. The van der Waals surface area contributed by atoms with Gasteiger partial charge in [0.25, 0.3) is 0 Å². The molecule has 0 radical (unpaired) electrons. The molecule has 1 fully saturated rings. The van der Waals surface area contributed by atoms with E-state index in [1.54, 1.807) is 4.90 Å². The predicted molar refractivity (Wildman–Crippen MR) is 136 cm³/mol. The number of guanidine groups is 1. The molecule has 1 aromatic rings. The van der Waals surface area contributed by atoms with E-state index in [1.807, 2.05) is 27.7 Å². The van der Waals surface area contributed by atoms with Crippen molar-refractivity contribution < 1.29 is 19.0 Å². The van der Waals surface area contributed by atoms with Gasteiger partial charge in [-0.15, -0.1) is 24.0 Å². The third-order valence-corrected chi connectivity index (χ3v) is 5.21. The highest BCUT2D eigenvalue weighted by Gasteiger charge is 2.36. The van der Waals surface area contributed by atoms with Crippen LogP contribution in [0.5, 0.6) is 5.75 Å². The molecule has 32 heavy (non-hydrogen) atoms. The highest BCUT2D eigenvalue weighted by Crippen LogP contribution is 2.22. The van der Waals surface area contributed by atoms with Gasteiger partial charge in [-0.2, -0.15) is 0 Å². The molecule has 9 heteroatoms. The van der Waals surface area contributed by atoms with Gasteiger partial charge in [0.1, 0.15) is 18.0 Å². The zero-order valence-electron chi connectivity index (χ0n) is 19.8. The SMILES string of the molecule is CCOCCOc1cc(C)ccc1CNC1=NCC2CN(C(=O)OC(C)(C)C)CCN12.I. The van der Waals surface area contributed by atoms with E-state index in [1.165, 1.54) is 0 Å². The number of nitrogens with zero attached hydrogens (tertiary/aromatic N) is 3. The number of aryl methyl sites for hydroxylation is 1. The molecule has 1 aromatic carbocycles. The summed E-state index contributed by atoms with van der Waals surface area (Å²) in [5, 5.41) is 3.47. The summed E-state index contributed by atoms with van der Waals surface area (Å²) >= 11 is 0. The predicted octanol–water partition coefficient (Wildman–Crippen LogP) is 3.41. The molecule has 0 aliphatic carbocycles. The molecule has 1 unspecified atom stereocenters. The Morgan fingerprint density at radius 3 is 2.75 bits per heavy atom. The van der Waals surface area contributed by atoms with E-state index in [0.717, 1.165) is 29.4 Å². The van der Waals surface area contributed by atoms with Crippen molar-refractivity contribution in [2.24, 2.45) is 4.99 Å². The van der Waals surface area contributed by atoms with Crippen LogP contribution in [0.3, 0.4) is 0 Å². The molecule has 0 saturated carbocycles. The lowest BCUT2D eigenvalue weighted by Crippen LogP contribution is -2.57. The first-order valence-corrected chi connectivity index (χ1v) is 11.1. The van der Waals surface area contributed by atoms with Crippen LogP contribution < -0.4 is 10.1 Å². The van der Waals surface area contributed by atoms with Gasteiger partial charge in [0.15, 0.2) is 5.96 Å². The van der Waals surface area contributed by atoms with E-state index >= 15 is 0 Å². The molecule has 2 aliphatic heterocycles. The maximum atomic E-state index is 12.4. The Bertz CT molecular complexity index is 797. The Labute approximate surface area is 208 Å². The van der Waals surface area contributed by atoms with Crippen LogP contribution in [0.1, 0.15) is 38.8 Å². The van der Waals surface area contributed by atoms with Crippen molar-refractivity contribution >= 4 is 36.0 Å². The van der Waals surface area contributed by atoms with Crippen LogP contribution in [0.2, 0.25) is 0 Å². The summed E-state index contributed by atoms with van der Waals surface area (Å²) in [5.41, 5.74) is 1.76. The quantitative estimate of drug-likeness (QED) is 0.407. The fourth-order valence-corrected chi connectivity index (χ4v) is 3.69. The number of halogens is 1. The summed E-state index contributed by atoms with van der Waals surface area (Å²) < 4.78 is 16.8. The first-order valence-electron chi connectivity index (χ1n) is 11.1. The van der Waals surface area contributed by atoms with Crippen molar-refractivity contribution in [3.8, 4) is 5.75 Å². The van der Waals surface area contributed by atoms with Crippen molar-refractivity contribution in [1.29, 1.82) is 0 Å². The minimum atomic E-state index is -0.483. The number of carbonyl (C=O) groups is 1. The standard InChI is InChI=1S/C23H36N4O4.HI/c1-6-29-11-12-30-20-13-17(2)7-8-18(20)14-24-21-25-15-19-16-26(9-10-27(19)21)22(28)31-23(3,4)5;/h7-8,13,19H,6,9-12,14-16H2,1-5H3,(H,24,25);1H. The van der Waals surface area contributed by atoms with Gasteiger partial charge < -0.3 is 29.3 Å². The number of benzene rings is 1. The molecule has 180 valence electrons. The van der Waals surface area contributed by atoms with Gasteiger partial charge in [-0.1, -0.05) is 12.1 Å². The number of nitrogens with one attached hydrogen (secondary N) is 1. The fraction of sp³-hybridized carbons (Fsp3) is 0.652. The molecule has 1 amide bonds. The second-order valence-electron chi connectivity index (χ2n) is 8.95. The maximum absolute atomic E-state index is 12.4. The van der Waals surface area contributed by atoms with Crippen molar-refractivity contribution in [3.63, 3.8) is 0 Å². The summed E-state index contributed by atoms with van der Waals surface area (Å²) in [5.74, 6) is 1.76. The number of hydrogen-bond donors (Lipinski definition) is 1. The number of amides is 1. The molecule has 2 aliphatic rings. The van der Waals surface area contributed by atoms with Gasteiger partial charge >= 0.3 is 6.09 Å². The largest absolute Gasteiger partial charge is 0.491 e. The molecular formula is C23H37IN4O4. The second-order valence-corrected chi connectivity index (χ2v) is 8.95. The minimum absolute atomic E-state index is 0. The Morgan fingerprint density at radius 1 is 1.25 bits per heavy atom. The highest BCUT2D eigenvalue weighted by atomic mass is 127. The molecule has 0 aromatic heterocycles. The molecule has 1 saturated heterocycles. The highest BCUT2D eigenvalue weighted by molar-refractivity contribution is 14.0. The first kappa shape index (κ1) is 26.5. The normalized spacial score (nSPS) is 17.9. The maximum Gasteiger partial charge on any atom is 0.410 e. The van der Waals surface area contributed by atoms with Crippen molar-refractivity contribution in [1.82, 2.24) is 15.1 Å². The van der Waals surface area contributed by atoms with Gasteiger partial charge in [0.2, 0.25) is 0 Å². The second kappa shape index (κ2) is 11.9. The lowest BCUT2D eigenvalue weighted by atomic mass is 10.1. The van der Waals surface area contributed by atoms with Gasteiger partial charge in [0.05, 0.1) is 19.2 Å². The Balaban J connectivity index is 0.00000363. The van der Waals surface area contributed by atoms with Gasteiger partial charge in [0, 0.05) is 38.3 Å². The van der Waals surface area contributed by atoms with Crippen LogP contribution in [0.25, 0.3) is 0 Å². The van der Waals surface area contributed by atoms with Crippen LogP contribution >= 0.6 is 24.0 Å². The van der Waals surface area contributed by atoms with Crippen LogP contribution in [-0.4, -0.2) is 79.5 Å². The fourth-order valence-electron chi connectivity index (χ4n) is 3.69. The Kier molecular flexibility index (Phi) is 9.87. The molecule has 1 N–H and O–H groups in total. The van der Waals surface area contributed by atoms with Crippen molar-refractivity contribution in [2.45, 2.75) is 52.8 Å². The average Bonchev–Trinajstić information content (AvgIpc) is 3.11. The molecule has 0 bridgehead atoms. The average molecular weight is 560 g/mol. The number of aliphatic imine (C=N–C) groups is 1. The van der Waals surface area contributed by atoms with Gasteiger partial charge in [-0.05, 0) is 46.2 Å². The number of fused-ring (bicyclic) bond motifs is 1. The first-order chi connectivity index (χ1) is 14.8.